The maximum absolute atomic E-state index is 12.4. The third-order valence-corrected chi connectivity index (χ3v) is 5.06. The predicted molar refractivity (Wildman–Crippen MR) is 89.0 cm³/mol. The maximum Gasteiger partial charge on any atom is 0.239 e. The summed E-state index contributed by atoms with van der Waals surface area (Å²) in [5, 5.41) is 0.952. The zero-order valence-corrected chi connectivity index (χ0v) is 14.3. The van der Waals surface area contributed by atoms with Gasteiger partial charge in [-0.05, 0) is 31.8 Å². The van der Waals surface area contributed by atoms with Crippen molar-refractivity contribution in [2.24, 2.45) is 5.73 Å². The van der Waals surface area contributed by atoms with E-state index in [1.54, 1.807) is 11.8 Å². The molecule has 2 heterocycles. The van der Waals surface area contributed by atoms with Crippen molar-refractivity contribution in [1.29, 1.82) is 0 Å². The third-order valence-electron chi connectivity index (χ3n) is 3.55. The first-order chi connectivity index (χ1) is 10.1. The second-order valence-electron chi connectivity index (χ2n) is 5.18. The number of carbonyl (C=O) groups is 1. The van der Waals surface area contributed by atoms with Crippen molar-refractivity contribution in [3.05, 3.63) is 5.82 Å². The molecule has 0 aromatic carbocycles. The third kappa shape index (κ3) is 4.55. The number of aryl methyl sites for hydroxylation is 1. The molecule has 1 aromatic heterocycles. The van der Waals surface area contributed by atoms with Crippen LogP contribution < -0.4 is 10.6 Å². The number of anilines is 1. The van der Waals surface area contributed by atoms with E-state index in [4.69, 9.17) is 5.73 Å². The summed E-state index contributed by atoms with van der Waals surface area (Å²) in [4.78, 5) is 20.9. The number of thioether (sulfide) groups is 1. The van der Waals surface area contributed by atoms with Gasteiger partial charge in [0.2, 0.25) is 11.0 Å². The van der Waals surface area contributed by atoms with Gasteiger partial charge in [-0.2, -0.15) is 16.1 Å². The lowest BCUT2D eigenvalue weighted by atomic mass is 10.2. The second-order valence-corrected chi connectivity index (χ2v) is 6.89. The summed E-state index contributed by atoms with van der Waals surface area (Å²) < 4.78 is 4.22. The molecule has 1 aliphatic heterocycles. The molecule has 0 saturated carbocycles. The van der Waals surface area contributed by atoms with Crippen molar-refractivity contribution in [3.8, 4) is 0 Å². The number of carbonyl (C=O) groups excluding carboxylic acids is 1. The molecule has 21 heavy (non-hydrogen) atoms. The Labute approximate surface area is 134 Å². The number of nitrogens with zero attached hydrogens (tertiary/aromatic N) is 4. The van der Waals surface area contributed by atoms with Crippen LogP contribution in [0.5, 0.6) is 0 Å². The van der Waals surface area contributed by atoms with Gasteiger partial charge >= 0.3 is 0 Å². The lowest BCUT2D eigenvalue weighted by Gasteiger charge is -2.24. The standard InChI is InChI=1S/C13H23N5OS2/c1-10-15-13(21-16-10)18-6-3-5-17(7-8-18)12(19)11(14)4-9-20-2/h11H,3-9,14H2,1-2H3/t11-/m0/s1. The highest BCUT2D eigenvalue weighted by Gasteiger charge is 2.24. The molecule has 1 atom stereocenters. The molecule has 1 aliphatic rings. The summed E-state index contributed by atoms with van der Waals surface area (Å²) in [5.74, 6) is 1.82. The molecule has 1 saturated heterocycles. The molecule has 6 nitrogen and oxygen atoms in total. The largest absolute Gasteiger partial charge is 0.345 e. The summed E-state index contributed by atoms with van der Waals surface area (Å²) >= 11 is 3.15. The van der Waals surface area contributed by atoms with Crippen molar-refractivity contribution in [3.63, 3.8) is 0 Å². The number of aromatic nitrogens is 2. The molecule has 0 spiro atoms. The van der Waals surface area contributed by atoms with Crippen LogP contribution in [0.4, 0.5) is 5.13 Å². The molecule has 1 amide bonds. The van der Waals surface area contributed by atoms with Crippen LogP contribution in [0, 0.1) is 6.92 Å². The zero-order chi connectivity index (χ0) is 15.2. The molecule has 0 bridgehead atoms. The van der Waals surface area contributed by atoms with E-state index in [-0.39, 0.29) is 11.9 Å². The van der Waals surface area contributed by atoms with E-state index in [0.717, 1.165) is 49.2 Å². The quantitative estimate of drug-likeness (QED) is 0.867. The fraction of sp³-hybridized carbons (Fsp3) is 0.769. The smallest absolute Gasteiger partial charge is 0.239 e. The highest BCUT2D eigenvalue weighted by Crippen LogP contribution is 2.19. The van der Waals surface area contributed by atoms with E-state index in [1.807, 2.05) is 18.1 Å². The Hall–Kier alpha value is -0.860. The fourth-order valence-corrected chi connectivity index (χ4v) is 3.56. The van der Waals surface area contributed by atoms with Crippen LogP contribution in [-0.4, -0.2) is 64.4 Å². The predicted octanol–water partition coefficient (Wildman–Crippen LogP) is 0.966. The van der Waals surface area contributed by atoms with Gasteiger partial charge in [0.15, 0.2) is 0 Å². The number of hydrogen-bond acceptors (Lipinski definition) is 7. The van der Waals surface area contributed by atoms with Gasteiger partial charge in [-0.3, -0.25) is 4.79 Å². The van der Waals surface area contributed by atoms with Crippen molar-refractivity contribution < 1.29 is 4.79 Å². The lowest BCUT2D eigenvalue weighted by Crippen LogP contribution is -2.45. The first kappa shape index (κ1) is 16.5. The number of hydrogen-bond donors (Lipinski definition) is 1. The number of rotatable bonds is 5. The van der Waals surface area contributed by atoms with Crippen LogP contribution in [0.3, 0.4) is 0 Å². The number of nitrogens with two attached hydrogens (primary N) is 1. The highest BCUT2D eigenvalue weighted by atomic mass is 32.2. The van der Waals surface area contributed by atoms with Crippen molar-refractivity contribution >= 4 is 34.3 Å². The van der Waals surface area contributed by atoms with Crippen molar-refractivity contribution in [2.75, 3.05) is 43.1 Å². The molecule has 2 N–H and O–H groups in total. The number of amides is 1. The Balaban J connectivity index is 1.89. The normalized spacial score (nSPS) is 17.7. The van der Waals surface area contributed by atoms with Gasteiger partial charge in [-0.1, -0.05) is 0 Å². The molecule has 8 heteroatoms. The summed E-state index contributed by atoms with van der Waals surface area (Å²) in [5.41, 5.74) is 6.00. The Kier molecular flexibility index (Phi) is 6.25. The van der Waals surface area contributed by atoms with E-state index < -0.39 is 0 Å². The molecular formula is C13H23N5OS2. The van der Waals surface area contributed by atoms with Crippen molar-refractivity contribution in [2.45, 2.75) is 25.8 Å². The van der Waals surface area contributed by atoms with Crippen LogP contribution in [0.1, 0.15) is 18.7 Å². The van der Waals surface area contributed by atoms with Crippen LogP contribution in [-0.2, 0) is 4.79 Å². The first-order valence-corrected chi connectivity index (χ1v) is 9.37. The minimum atomic E-state index is -0.368. The van der Waals surface area contributed by atoms with Crippen LogP contribution in [0.25, 0.3) is 0 Å². The SMILES string of the molecule is CSCC[C@H](N)C(=O)N1CCCN(c2nc(C)ns2)CC1. The van der Waals surface area contributed by atoms with Gasteiger partial charge in [-0.25, -0.2) is 4.98 Å². The topological polar surface area (TPSA) is 75.4 Å². The van der Waals surface area contributed by atoms with Gasteiger partial charge in [0.1, 0.15) is 5.82 Å². The lowest BCUT2D eigenvalue weighted by molar-refractivity contribution is -0.132. The molecular weight excluding hydrogens is 306 g/mol. The van der Waals surface area contributed by atoms with E-state index >= 15 is 0 Å². The van der Waals surface area contributed by atoms with E-state index in [1.165, 1.54) is 11.5 Å². The summed E-state index contributed by atoms with van der Waals surface area (Å²) in [6.45, 7) is 5.11. The molecule has 118 valence electrons. The summed E-state index contributed by atoms with van der Waals surface area (Å²) in [7, 11) is 0. The minimum absolute atomic E-state index is 0.0827. The monoisotopic (exact) mass is 329 g/mol. The Morgan fingerprint density at radius 3 is 2.90 bits per heavy atom. The van der Waals surface area contributed by atoms with E-state index in [2.05, 4.69) is 14.3 Å². The Bertz CT molecular complexity index is 467. The summed E-state index contributed by atoms with van der Waals surface area (Å²) in [6, 6.07) is -0.368. The average molecular weight is 329 g/mol. The molecule has 0 unspecified atom stereocenters. The maximum atomic E-state index is 12.4. The fourth-order valence-electron chi connectivity index (χ4n) is 2.35. The van der Waals surface area contributed by atoms with Crippen molar-refractivity contribution in [1.82, 2.24) is 14.3 Å². The highest BCUT2D eigenvalue weighted by molar-refractivity contribution is 7.98. The molecule has 1 fully saturated rings. The van der Waals surface area contributed by atoms with Gasteiger partial charge < -0.3 is 15.5 Å². The molecule has 1 aromatic rings. The van der Waals surface area contributed by atoms with E-state index in [0.29, 0.717) is 6.54 Å². The Morgan fingerprint density at radius 1 is 1.43 bits per heavy atom. The molecule has 0 aliphatic carbocycles. The van der Waals surface area contributed by atoms with Crippen LogP contribution in [0.2, 0.25) is 0 Å². The van der Waals surface area contributed by atoms with E-state index in [9.17, 15) is 4.79 Å². The molecule has 2 rings (SSSR count). The van der Waals surface area contributed by atoms with Crippen LogP contribution >= 0.6 is 23.3 Å². The minimum Gasteiger partial charge on any atom is -0.345 e. The average Bonchev–Trinajstić information content (AvgIpc) is 2.77. The Morgan fingerprint density at radius 2 is 2.24 bits per heavy atom. The zero-order valence-electron chi connectivity index (χ0n) is 12.6. The summed E-state index contributed by atoms with van der Waals surface area (Å²) in [6.07, 6.45) is 3.72. The van der Waals surface area contributed by atoms with Crippen LogP contribution in [0.15, 0.2) is 0 Å². The first-order valence-electron chi connectivity index (χ1n) is 7.20. The van der Waals surface area contributed by atoms with Gasteiger partial charge in [0.25, 0.3) is 0 Å². The molecule has 0 radical (unpaired) electrons. The van der Waals surface area contributed by atoms with Gasteiger partial charge in [0.05, 0.1) is 6.04 Å². The van der Waals surface area contributed by atoms with Gasteiger partial charge in [-0.15, -0.1) is 0 Å². The van der Waals surface area contributed by atoms with Gasteiger partial charge in [0, 0.05) is 37.7 Å². The second kappa shape index (κ2) is 7.95.